The summed E-state index contributed by atoms with van der Waals surface area (Å²) in [4.78, 5) is 29.4. The zero-order valence-electron chi connectivity index (χ0n) is 16.2. The smallest absolute Gasteiger partial charge is 0.344 e. The Balaban J connectivity index is 2.06. The summed E-state index contributed by atoms with van der Waals surface area (Å²) in [5.74, 6) is -0.969. The molecule has 0 fully saturated rings. The minimum atomic E-state index is -0.744. The van der Waals surface area contributed by atoms with E-state index in [1.807, 2.05) is 12.1 Å². The summed E-state index contributed by atoms with van der Waals surface area (Å²) in [5, 5.41) is 10.8. The summed E-state index contributed by atoms with van der Waals surface area (Å²) in [7, 11) is 1.54. The number of halogens is 1. The van der Waals surface area contributed by atoms with Gasteiger partial charge in [-0.25, -0.2) is 9.79 Å². The fourth-order valence-corrected chi connectivity index (χ4v) is 4.07. The SMILES string of the molecule is CCOC(=O)C1=C(O)/C(=C/c2cc(Br)ccc2OC)SC1=NC(=O)c1ccccc1. The van der Waals surface area contributed by atoms with Crippen LogP contribution in [0.25, 0.3) is 6.08 Å². The van der Waals surface area contributed by atoms with Crippen molar-refractivity contribution in [3.8, 4) is 5.75 Å². The molecule has 154 valence electrons. The number of aliphatic hydroxyl groups excluding tert-OH is 1. The monoisotopic (exact) mass is 487 g/mol. The molecule has 0 radical (unpaired) electrons. The Kier molecular flexibility index (Phi) is 7.12. The van der Waals surface area contributed by atoms with E-state index in [9.17, 15) is 14.7 Å². The van der Waals surface area contributed by atoms with Crippen LogP contribution in [0.4, 0.5) is 0 Å². The Hall–Kier alpha value is -2.84. The number of aliphatic hydroxyl groups is 1. The molecule has 0 aromatic heterocycles. The summed E-state index contributed by atoms with van der Waals surface area (Å²) in [6, 6.07) is 13.9. The summed E-state index contributed by atoms with van der Waals surface area (Å²) in [5.41, 5.74) is 0.922. The van der Waals surface area contributed by atoms with Crippen molar-refractivity contribution in [3.63, 3.8) is 0 Å². The predicted octanol–water partition coefficient (Wildman–Crippen LogP) is 5.16. The number of benzene rings is 2. The van der Waals surface area contributed by atoms with Gasteiger partial charge in [0.15, 0.2) is 0 Å². The van der Waals surface area contributed by atoms with Crippen molar-refractivity contribution in [3.05, 3.63) is 80.4 Å². The molecule has 0 saturated heterocycles. The van der Waals surface area contributed by atoms with E-state index in [-0.39, 0.29) is 23.0 Å². The first-order valence-corrected chi connectivity index (χ1v) is 10.6. The molecular formula is C22H18BrNO5S. The van der Waals surface area contributed by atoms with Crippen molar-refractivity contribution < 1.29 is 24.2 Å². The van der Waals surface area contributed by atoms with Gasteiger partial charge in [0, 0.05) is 15.6 Å². The average molecular weight is 488 g/mol. The highest BCUT2D eigenvalue weighted by molar-refractivity contribution is 9.10. The van der Waals surface area contributed by atoms with E-state index in [1.165, 1.54) is 7.11 Å². The number of aliphatic imine (C=N–C) groups is 1. The lowest BCUT2D eigenvalue weighted by Gasteiger charge is -2.06. The molecule has 0 unspecified atom stereocenters. The van der Waals surface area contributed by atoms with Crippen LogP contribution in [0.15, 0.2) is 74.2 Å². The van der Waals surface area contributed by atoms with Crippen LogP contribution in [0.3, 0.4) is 0 Å². The lowest BCUT2D eigenvalue weighted by atomic mass is 10.1. The van der Waals surface area contributed by atoms with Gasteiger partial charge in [-0.05, 0) is 43.3 Å². The number of ether oxygens (including phenoxy) is 2. The van der Waals surface area contributed by atoms with E-state index in [0.29, 0.717) is 21.8 Å². The number of methoxy groups -OCH3 is 1. The molecule has 1 aliphatic heterocycles. The molecule has 0 atom stereocenters. The third-order valence-corrected chi connectivity index (χ3v) is 5.59. The van der Waals surface area contributed by atoms with Crippen molar-refractivity contribution in [1.29, 1.82) is 0 Å². The lowest BCUT2D eigenvalue weighted by Crippen LogP contribution is -2.14. The van der Waals surface area contributed by atoms with Gasteiger partial charge in [-0.3, -0.25) is 4.79 Å². The summed E-state index contributed by atoms with van der Waals surface area (Å²) in [6.07, 6.45) is 1.67. The van der Waals surface area contributed by atoms with Crippen LogP contribution in [-0.4, -0.2) is 35.7 Å². The van der Waals surface area contributed by atoms with Crippen LogP contribution in [0.1, 0.15) is 22.8 Å². The molecule has 1 N–H and O–H groups in total. The highest BCUT2D eigenvalue weighted by Gasteiger charge is 2.34. The van der Waals surface area contributed by atoms with Crippen LogP contribution in [0, 0.1) is 0 Å². The molecule has 8 heteroatoms. The van der Waals surface area contributed by atoms with Crippen LogP contribution in [-0.2, 0) is 9.53 Å². The number of thioether (sulfide) groups is 1. The summed E-state index contributed by atoms with van der Waals surface area (Å²) in [6.45, 7) is 1.78. The molecule has 6 nitrogen and oxygen atoms in total. The standard InChI is InChI=1S/C22H18BrNO5S/c1-3-29-22(27)18-19(25)17(12-14-11-15(23)9-10-16(14)28-2)30-21(18)24-20(26)13-7-5-4-6-8-13/h4-12,25H,3H2,1-2H3/b17-12-,24-21?. The molecule has 0 aliphatic carbocycles. The van der Waals surface area contributed by atoms with Crippen molar-refractivity contribution in [2.75, 3.05) is 13.7 Å². The Bertz CT molecular complexity index is 1080. The molecule has 30 heavy (non-hydrogen) atoms. The number of hydrogen-bond acceptors (Lipinski definition) is 6. The maximum atomic E-state index is 12.5. The number of esters is 1. The van der Waals surface area contributed by atoms with Crippen molar-refractivity contribution >= 4 is 50.7 Å². The summed E-state index contributed by atoms with van der Waals surface area (Å²) < 4.78 is 11.2. The number of rotatable bonds is 5. The lowest BCUT2D eigenvalue weighted by molar-refractivity contribution is -0.138. The minimum Gasteiger partial charge on any atom is -0.506 e. The predicted molar refractivity (Wildman–Crippen MR) is 121 cm³/mol. The van der Waals surface area contributed by atoms with Crippen LogP contribution >= 0.6 is 27.7 Å². The zero-order valence-corrected chi connectivity index (χ0v) is 18.6. The molecular weight excluding hydrogens is 470 g/mol. The molecule has 1 amide bonds. The van der Waals surface area contributed by atoms with E-state index >= 15 is 0 Å². The number of amides is 1. The molecule has 0 spiro atoms. The fourth-order valence-electron chi connectivity index (χ4n) is 2.69. The Labute approximate surface area is 186 Å². The zero-order chi connectivity index (χ0) is 21.7. The molecule has 1 aliphatic rings. The van der Waals surface area contributed by atoms with Gasteiger partial charge in [0.05, 0.1) is 18.6 Å². The highest BCUT2D eigenvalue weighted by atomic mass is 79.9. The number of carbonyl (C=O) groups excluding carboxylic acids is 2. The molecule has 2 aromatic carbocycles. The normalized spacial score (nSPS) is 16.2. The Morgan fingerprint density at radius 1 is 1.20 bits per heavy atom. The van der Waals surface area contributed by atoms with Gasteiger partial charge >= 0.3 is 5.97 Å². The third-order valence-electron chi connectivity index (χ3n) is 4.07. The van der Waals surface area contributed by atoms with Crippen LogP contribution in [0.2, 0.25) is 0 Å². The maximum Gasteiger partial charge on any atom is 0.344 e. The van der Waals surface area contributed by atoms with Gasteiger partial charge in [-0.2, -0.15) is 0 Å². The first-order chi connectivity index (χ1) is 14.4. The molecule has 0 bridgehead atoms. The maximum absolute atomic E-state index is 12.5. The molecule has 1 heterocycles. The number of hydrogen-bond donors (Lipinski definition) is 1. The van der Waals surface area contributed by atoms with Gasteiger partial charge in [-0.1, -0.05) is 45.9 Å². The van der Waals surface area contributed by atoms with Gasteiger partial charge in [0.2, 0.25) is 0 Å². The van der Waals surface area contributed by atoms with Gasteiger partial charge in [-0.15, -0.1) is 0 Å². The van der Waals surface area contributed by atoms with Crippen molar-refractivity contribution in [2.24, 2.45) is 4.99 Å². The second-order valence-electron chi connectivity index (χ2n) is 6.03. The van der Waals surface area contributed by atoms with Gasteiger partial charge in [0.1, 0.15) is 22.1 Å². The molecule has 2 aromatic rings. The van der Waals surface area contributed by atoms with E-state index < -0.39 is 11.9 Å². The molecule has 3 rings (SSSR count). The minimum absolute atomic E-state index is 0.0833. The van der Waals surface area contributed by atoms with Crippen molar-refractivity contribution in [2.45, 2.75) is 6.92 Å². The first kappa shape index (κ1) is 21.9. The van der Waals surface area contributed by atoms with Crippen molar-refractivity contribution in [1.82, 2.24) is 0 Å². The number of carbonyl (C=O) groups is 2. The van der Waals surface area contributed by atoms with E-state index in [2.05, 4.69) is 20.9 Å². The number of nitrogens with zero attached hydrogens (tertiary/aromatic N) is 1. The van der Waals surface area contributed by atoms with E-state index in [0.717, 1.165) is 16.2 Å². The van der Waals surface area contributed by atoms with Gasteiger partial charge < -0.3 is 14.6 Å². The van der Waals surface area contributed by atoms with E-state index in [4.69, 9.17) is 9.47 Å². The average Bonchev–Trinajstić information content (AvgIpc) is 3.03. The van der Waals surface area contributed by atoms with Crippen LogP contribution < -0.4 is 4.74 Å². The summed E-state index contributed by atoms with van der Waals surface area (Å²) >= 11 is 4.43. The largest absolute Gasteiger partial charge is 0.506 e. The second kappa shape index (κ2) is 9.77. The third kappa shape index (κ3) is 4.83. The van der Waals surface area contributed by atoms with E-state index in [1.54, 1.807) is 49.4 Å². The van der Waals surface area contributed by atoms with Crippen LogP contribution in [0.5, 0.6) is 5.75 Å². The Morgan fingerprint density at radius 3 is 2.60 bits per heavy atom. The molecule has 0 saturated carbocycles. The fraction of sp³-hybridized carbons (Fsp3) is 0.136. The second-order valence-corrected chi connectivity index (χ2v) is 7.98. The topological polar surface area (TPSA) is 85.2 Å². The quantitative estimate of drug-likeness (QED) is 0.586. The Morgan fingerprint density at radius 2 is 1.93 bits per heavy atom. The first-order valence-electron chi connectivity index (χ1n) is 8.96. The van der Waals surface area contributed by atoms with Gasteiger partial charge in [0.25, 0.3) is 5.91 Å². The highest BCUT2D eigenvalue weighted by Crippen LogP contribution is 2.40.